The number of alkyl halides is 3. The van der Waals surface area contributed by atoms with Crippen molar-refractivity contribution in [2.75, 3.05) is 30.2 Å². The fourth-order valence-corrected chi connectivity index (χ4v) is 2.50. The van der Waals surface area contributed by atoms with Crippen molar-refractivity contribution < 1.29 is 19.1 Å². The second-order valence-electron chi connectivity index (χ2n) is 4.61. The van der Waals surface area contributed by atoms with Gasteiger partial charge >= 0.3 is 11.9 Å². The first-order valence-electron chi connectivity index (χ1n) is 7.20. The Morgan fingerprint density at radius 2 is 1.32 bits per heavy atom. The van der Waals surface area contributed by atoms with Crippen LogP contribution in [0.3, 0.4) is 0 Å². The van der Waals surface area contributed by atoms with Crippen LogP contribution in [0.25, 0.3) is 0 Å². The van der Waals surface area contributed by atoms with Gasteiger partial charge in [0.15, 0.2) is 0 Å². The van der Waals surface area contributed by atoms with Gasteiger partial charge in [-0.25, -0.2) is 0 Å². The Kier molecular flexibility index (Phi) is 29.3. The molecule has 134 valence electrons. The van der Waals surface area contributed by atoms with Crippen molar-refractivity contribution in [1.82, 2.24) is 0 Å². The smallest absolute Gasteiger partial charge is 0.306 e. The molecule has 4 nitrogen and oxygen atoms in total. The Balaban J connectivity index is -0.000000252. The molecule has 0 spiro atoms. The number of unbranched alkanes of at least 4 members (excludes halogenated alkanes) is 1. The van der Waals surface area contributed by atoms with E-state index in [0.717, 1.165) is 29.4 Å². The molecule has 0 atom stereocenters. The summed E-state index contributed by atoms with van der Waals surface area (Å²) in [5, 5.41) is 2.79. The highest BCUT2D eigenvalue weighted by atomic mass is 79.9. The Bertz CT molecular complexity index is 249. The van der Waals surface area contributed by atoms with Crippen molar-refractivity contribution >= 4 is 59.7 Å². The highest BCUT2D eigenvalue weighted by Gasteiger charge is 1.97. The maximum Gasteiger partial charge on any atom is 0.306 e. The minimum absolute atomic E-state index is 0.115. The summed E-state index contributed by atoms with van der Waals surface area (Å²) < 4.78 is 8.76. The van der Waals surface area contributed by atoms with Gasteiger partial charge in [-0.3, -0.25) is 9.59 Å². The number of rotatable bonds is 8. The van der Waals surface area contributed by atoms with Gasteiger partial charge in [0.05, 0.1) is 20.6 Å². The van der Waals surface area contributed by atoms with Gasteiger partial charge in [0.1, 0.15) is 0 Å². The fourth-order valence-electron chi connectivity index (χ4n) is 0.863. The van der Waals surface area contributed by atoms with Crippen molar-refractivity contribution in [2.24, 2.45) is 5.92 Å². The van der Waals surface area contributed by atoms with E-state index in [1.54, 1.807) is 0 Å². The zero-order valence-electron chi connectivity index (χ0n) is 14.0. The molecular formula is C15H29Br3O4. The Labute approximate surface area is 160 Å². The third-order valence-corrected chi connectivity index (χ3v) is 3.62. The van der Waals surface area contributed by atoms with Crippen LogP contribution < -0.4 is 0 Å². The average Bonchev–Trinajstić information content (AvgIpc) is 2.48. The van der Waals surface area contributed by atoms with Crippen molar-refractivity contribution in [3.63, 3.8) is 0 Å². The van der Waals surface area contributed by atoms with Gasteiger partial charge < -0.3 is 9.47 Å². The maximum atomic E-state index is 10.4. The van der Waals surface area contributed by atoms with E-state index in [9.17, 15) is 9.59 Å². The molecule has 0 heterocycles. The van der Waals surface area contributed by atoms with E-state index >= 15 is 0 Å². The molecule has 22 heavy (non-hydrogen) atoms. The summed E-state index contributed by atoms with van der Waals surface area (Å²) in [7, 11) is 2.79. The second-order valence-corrected chi connectivity index (χ2v) is 6.99. The van der Waals surface area contributed by atoms with Crippen molar-refractivity contribution in [3.8, 4) is 0 Å². The van der Waals surface area contributed by atoms with E-state index in [-0.39, 0.29) is 11.9 Å². The van der Waals surface area contributed by atoms with Gasteiger partial charge in [-0.1, -0.05) is 61.6 Å². The highest BCUT2D eigenvalue weighted by molar-refractivity contribution is 9.09. The molecule has 0 bridgehead atoms. The number of halogens is 3. The number of esters is 2. The lowest BCUT2D eigenvalue weighted by Crippen LogP contribution is -1.99. The first-order chi connectivity index (χ1) is 10.4. The molecule has 0 saturated heterocycles. The second kappa shape index (κ2) is 23.6. The van der Waals surface area contributed by atoms with E-state index in [1.165, 1.54) is 20.6 Å². The first-order valence-corrected chi connectivity index (χ1v) is 10.6. The van der Waals surface area contributed by atoms with Crippen LogP contribution in [0, 0.1) is 5.92 Å². The van der Waals surface area contributed by atoms with Gasteiger partial charge in [-0.2, -0.15) is 0 Å². The number of carbonyl (C=O) groups is 2. The van der Waals surface area contributed by atoms with Crippen LogP contribution in [0.4, 0.5) is 0 Å². The van der Waals surface area contributed by atoms with Crippen LogP contribution in [-0.4, -0.2) is 42.1 Å². The summed E-state index contributed by atoms with van der Waals surface area (Å²) in [6.45, 7) is 4.45. The topological polar surface area (TPSA) is 52.6 Å². The SMILES string of the molecule is CC(C)CCBr.COC(=O)CCBr.COC(=O)CCCCBr. The average molecular weight is 513 g/mol. The third kappa shape index (κ3) is 32.4. The Hall–Kier alpha value is 0.380. The first kappa shape index (κ1) is 27.2. The van der Waals surface area contributed by atoms with E-state index in [0.29, 0.717) is 18.2 Å². The number of carbonyl (C=O) groups excluding carboxylic acids is 2. The van der Waals surface area contributed by atoms with E-state index in [2.05, 4.69) is 71.1 Å². The molecule has 0 aromatic rings. The zero-order chi connectivity index (χ0) is 17.8. The minimum Gasteiger partial charge on any atom is -0.469 e. The molecule has 0 aromatic carbocycles. The summed E-state index contributed by atoms with van der Waals surface area (Å²) >= 11 is 9.71. The van der Waals surface area contributed by atoms with Gasteiger partial charge in [0, 0.05) is 22.4 Å². The Morgan fingerprint density at radius 3 is 1.55 bits per heavy atom. The van der Waals surface area contributed by atoms with Crippen LogP contribution >= 0.6 is 47.8 Å². The van der Waals surface area contributed by atoms with Gasteiger partial charge in [-0.05, 0) is 25.2 Å². The summed E-state index contributed by atoms with van der Waals surface area (Å²) in [5.41, 5.74) is 0. The highest BCUT2D eigenvalue weighted by Crippen LogP contribution is 2.00. The zero-order valence-corrected chi connectivity index (χ0v) is 18.8. The molecule has 0 aliphatic heterocycles. The third-order valence-electron chi connectivity index (χ3n) is 2.20. The maximum absolute atomic E-state index is 10.4. The van der Waals surface area contributed by atoms with Crippen LogP contribution in [0.2, 0.25) is 0 Å². The molecule has 0 unspecified atom stereocenters. The lowest BCUT2D eigenvalue weighted by atomic mass is 10.2. The molecule has 0 aromatic heterocycles. The van der Waals surface area contributed by atoms with Crippen molar-refractivity contribution in [3.05, 3.63) is 0 Å². The number of hydrogen-bond donors (Lipinski definition) is 0. The molecule has 7 heteroatoms. The number of ether oxygens (including phenoxy) is 2. The molecule has 0 fully saturated rings. The normalized spacial score (nSPS) is 9.09. The van der Waals surface area contributed by atoms with E-state index in [4.69, 9.17) is 0 Å². The summed E-state index contributed by atoms with van der Waals surface area (Å²) in [6.07, 6.45) is 4.24. The molecule has 0 rings (SSSR count). The van der Waals surface area contributed by atoms with Crippen LogP contribution in [0.5, 0.6) is 0 Å². The molecule has 0 aliphatic rings. The van der Waals surface area contributed by atoms with Crippen molar-refractivity contribution in [2.45, 2.75) is 46.0 Å². The standard InChI is InChI=1S/C6H11BrO2.C5H11Br.C4H7BrO2/c1-9-6(8)4-2-3-5-7;1-5(2)3-4-6;1-7-4(6)2-3-5/h2-5H2,1H3;5H,3-4H2,1-2H3;2-3H2,1H3. The predicted molar refractivity (Wildman–Crippen MR) is 103 cm³/mol. The molecular weight excluding hydrogens is 484 g/mol. The summed E-state index contributed by atoms with van der Waals surface area (Å²) in [5.74, 6) is 0.567. The Morgan fingerprint density at radius 1 is 0.818 bits per heavy atom. The molecule has 0 N–H and O–H groups in total. The lowest BCUT2D eigenvalue weighted by molar-refractivity contribution is -0.141. The quantitative estimate of drug-likeness (QED) is 0.258. The van der Waals surface area contributed by atoms with Crippen LogP contribution in [0.15, 0.2) is 0 Å². The summed E-state index contributed by atoms with van der Waals surface area (Å²) in [4.78, 5) is 20.6. The molecule has 0 radical (unpaired) electrons. The lowest BCUT2D eigenvalue weighted by Gasteiger charge is -1.95. The largest absolute Gasteiger partial charge is 0.469 e. The van der Waals surface area contributed by atoms with E-state index < -0.39 is 0 Å². The number of hydrogen-bond acceptors (Lipinski definition) is 4. The summed E-state index contributed by atoms with van der Waals surface area (Å²) in [6, 6.07) is 0. The van der Waals surface area contributed by atoms with Gasteiger partial charge in [0.25, 0.3) is 0 Å². The van der Waals surface area contributed by atoms with Crippen LogP contribution in [-0.2, 0) is 19.1 Å². The predicted octanol–water partition coefficient (Wildman–Crippen LogP) is 5.10. The minimum atomic E-state index is -0.170. The molecule has 0 aliphatic carbocycles. The van der Waals surface area contributed by atoms with Crippen molar-refractivity contribution in [1.29, 1.82) is 0 Å². The fraction of sp³-hybridized carbons (Fsp3) is 0.867. The van der Waals surface area contributed by atoms with Crippen LogP contribution in [0.1, 0.15) is 46.0 Å². The molecule has 0 saturated carbocycles. The molecule has 0 amide bonds. The monoisotopic (exact) mass is 510 g/mol. The van der Waals surface area contributed by atoms with E-state index in [1.807, 2.05) is 0 Å². The number of methoxy groups -OCH3 is 2. The van der Waals surface area contributed by atoms with Gasteiger partial charge in [0.2, 0.25) is 0 Å². The van der Waals surface area contributed by atoms with Gasteiger partial charge in [-0.15, -0.1) is 0 Å².